The molecule has 0 N–H and O–H groups in total. The molecule has 9 heteroatoms. The largest absolute Gasteiger partial charge is 0.495 e. The van der Waals surface area contributed by atoms with Crippen molar-refractivity contribution in [1.29, 1.82) is 0 Å². The van der Waals surface area contributed by atoms with E-state index in [4.69, 9.17) is 19.0 Å². The fourth-order valence-corrected chi connectivity index (χ4v) is 4.57. The van der Waals surface area contributed by atoms with Crippen molar-refractivity contribution >= 4 is 32.6 Å². The van der Waals surface area contributed by atoms with Crippen LogP contribution in [-0.2, 0) is 0 Å². The summed E-state index contributed by atoms with van der Waals surface area (Å²) >= 11 is 1.39. The van der Waals surface area contributed by atoms with E-state index in [1.807, 2.05) is 56.6 Å². The van der Waals surface area contributed by atoms with Crippen LogP contribution in [0.1, 0.15) is 16.9 Å². The van der Waals surface area contributed by atoms with Gasteiger partial charge in [-0.3, -0.25) is 9.69 Å². The molecule has 0 atom stereocenters. The Labute approximate surface area is 196 Å². The second kappa shape index (κ2) is 10.0. The minimum atomic E-state index is -0.267. The quantitative estimate of drug-likeness (QED) is 0.357. The van der Waals surface area contributed by atoms with E-state index in [0.29, 0.717) is 34.5 Å². The molecule has 0 radical (unpaired) electrons. The molecule has 0 aliphatic heterocycles. The van der Waals surface area contributed by atoms with E-state index in [1.165, 1.54) is 11.3 Å². The molecule has 172 valence electrons. The number of nitrogens with zero attached hydrogens (tertiary/aromatic N) is 4. The molecule has 8 nitrogen and oxygen atoms in total. The molecule has 0 saturated heterocycles. The molecule has 0 fully saturated rings. The molecule has 4 aromatic rings. The topological polar surface area (TPSA) is 80.9 Å². The van der Waals surface area contributed by atoms with Gasteiger partial charge in [-0.15, -0.1) is 0 Å². The summed E-state index contributed by atoms with van der Waals surface area (Å²) in [5, 5.41) is 4.61. The van der Waals surface area contributed by atoms with Crippen LogP contribution in [0.25, 0.3) is 21.5 Å². The predicted molar refractivity (Wildman–Crippen MR) is 130 cm³/mol. The van der Waals surface area contributed by atoms with E-state index in [1.54, 1.807) is 25.2 Å². The zero-order valence-corrected chi connectivity index (χ0v) is 19.9. The summed E-state index contributed by atoms with van der Waals surface area (Å²) in [6.45, 7) is 1.31. The number of methoxy groups -OCH3 is 2. The van der Waals surface area contributed by atoms with Crippen molar-refractivity contribution in [2.75, 3.05) is 46.3 Å². The smallest absolute Gasteiger partial charge is 0.282 e. The third kappa shape index (κ3) is 4.84. The lowest BCUT2D eigenvalue weighted by Crippen LogP contribution is -2.33. The SMILES string of the molecule is COc1ccc(OC)c2sc(N(CCCN(C)C)C(=O)c3cc(-c4ccccc4)on3)nc12. The Morgan fingerprint density at radius 3 is 2.45 bits per heavy atom. The van der Waals surface area contributed by atoms with Crippen LogP contribution < -0.4 is 14.4 Å². The van der Waals surface area contributed by atoms with Crippen LogP contribution in [0.3, 0.4) is 0 Å². The minimum absolute atomic E-state index is 0.233. The summed E-state index contributed by atoms with van der Waals surface area (Å²) in [5.41, 5.74) is 1.75. The molecule has 1 amide bonds. The standard InChI is InChI=1S/C24H26N4O4S/c1-27(2)13-8-14-28(23(29)17-15-20(32-26-17)16-9-6-5-7-10-16)24-25-21-18(30-3)11-12-19(31-4)22(21)33-24/h5-7,9-12,15H,8,13-14H2,1-4H3. The number of benzene rings is 2. The van der Waals surface area contributed by atoms with Gasteiger partial charge in [-0.2, -0.15) is 0 Å². The Balaban J connectivity index is 1.71. The normalized spacial score (nSPS) is 11.2. The van der Waals surface area contributed by atoms with Gasteiger partial charge < -0.3 is 18.9 Å². The van der Waals surface area contributed by atoms with E-state index in [2.05, 4.69) is 10.1 Å². The summed E-state index contributed by atoms with van der Waals surface area (Å²) < 4.78 is 17.3. The number of carbonyl (C=O) groups excluding carboxylic acids is 1. The number of ether oxygens (including phenoxy) is 2. The second-order valence-corrected chi connectivity index (χ2v) is 8.68. The predicted octanol–water partition coefficient (Wildman–Crippen LogP) is 4.57. The van der Waals surface area contributed by atoms with Gasteiger partial charge in [-0.1, -0.05) is 46.8 Å². The van der Waals surface area contributed by atoms with Crippen LogP contribution >= 0.6 is 11.3 Å². The number of thiazole rings is 1. The highest BCUT2D eigenvalue weighted by Gasteiger charge is 2.26. The maximum absolute atomic E-state index is 13.5. The molecule has 0 aliphatic carbocycles. The highest BCUT2D eigenvalue weighted by molar-refractivity contribution is 7.22. The summed E-state index contributed by atoms with van der Waals surface area (Å²) in [6, 6.07) is 14.9. The number of aromatic nitrogens is 2. The van der Waals surface area contributed by atoms with Gasteiger partial charge in [0.05, 0.1) is 14.2 Å². The molecule has 2 aromatic heterocycles. The number of carbonyl (C=O) groups is 1. The maximum Gasteiger partial charge on any atom is 0.282 e. The van der Waals surface area contributed by atoms with Crippen LogP contribution in [-0.4, -0.2) is 62.4 Å². The molecule has 0 bridgehead atoms. The Kier molecular flexibility index (Phi) is 6.90. The molecule has 0 spiro atoms. The fraction of sp³-hybridized carbons (Fsp3) is 0.292. The van der Waals surface area contributed by atoms with E-state index in [-0.39, 0.29) is 11.6 Å². The first-order valence-corrected chi connectivity index (χ1v) is 11.3. The van der Waals surface area contributed by atoms with Crippen molar-refractivity contribution in [3.05, 3.63) is 54.2 Å². The molecule has 33 heavy (non-hydrogen) atoms. The number of fused-ring (bicyclic) bond motifs is 1. The van der Waals surface area contributed by atoms with Gasteiger partial charge in [0.2, 0.25) is 0 Å². The van der Waals surface area contributed by atoms with Crippen molar-refractivity contribution in [3.63, 3.8) is 0 Å². The van der Waals surface area contributed by atoms with Crippen LogP contribution in [0.4, 0.5) is 5.13 Å². The van der Waals surface area contributed by atoms with Crippen molar-refractivity contribution in [2.45, 2.75) is 6.42 Å². The monoisotopic (exact) mass is 466 g/mol. The van der Waals surface area contributed by atoms with Gasteiger partial charge in [-0.05, 0) is 39.2 Å². The first-order valence-electron chi connectivity index (χ1n) is 10.5. The van der Waals surface area contributed by atoms with Gasteiger partial charge in [0.25, 0.3) is 5.91 Å². The van der Waals surface area contributed by atoms with E-state index in [0.717, 1.165) is 23.2 Å². The summed E-state index contributed by atoms with van der Waals surface area (Å²) in [4.78, 5) is 22.0. The lowest BCUT2D eigenvalue weighted by atomic mass is 10.1. The van der Waals surface area contributed by atoms with Gasteiger partial charge in [0, 0.05) is 18.2 Å². The van der Waals surface area contributed by atoms with Gasteiger partial charge in [0.1, 0.15) is 21.7 Å². The van der Waals surface area contributed by atoms with Crippen LogP contribution in [0.15, 0.2) is 53.1 Å². The summed E-state index contributed by atoms with van der Waals surface area (Å²) in [5.74, 6) is 1.58. The van der Waals surface area contributed by atoms with Crippen LogP contribution in [0.2, 0.25) is 0 Å². The van der Waals surface area contributed by atoms with Gasteiger partial charge in [-0.25, -0.2) is 4.98 Å². The fourth-order valence-electron chi connectivity index (χ4n) is 3.47. The first kappa shape index (κ1) is 22.8. The van der Waals surface area contributed by atoms with Crippen LogP contribution in [0, 0.1) is 0 Å². The molecule has 0 aliphatic rings. The number of anilines is 1. The Hall–Kier alpha value is -3.43. The van der Waals surface area contributed by atoms with Gasteiger partial charge in [0.15, 0.2) is 16.6 Å². The average molecular weight is 467 g/mol. The number of hydrogen-bond donors (Lipinski definition) is 0. The Bertz CT molecular complexity index is 1190. The highest BCUT2D eigenvalue weighted by Crippen LogP contribution is 2.40. The lowest BCUT2D eigenvalue weighted by Gasteiger charge is -2.19. The number of hydrogen-bond acceptors (Lipinski definition) is 8. The van der Waals surface area contributed by atoms with E-state index < -0.39 is 0 Å². The second-order valence-electron chi connectivity index (χ2n) is 7.70. The molecule has 0 unspecified atom stereocenters. The molecule has 2 heterocycles. The third-order valence-electron chi connectivity index (χ3n) is 5.15. The van der Waals surface area contributed by atoms with E-state index in [9.17, 15) is 4.79 Å². The molecule has 0 saturated carbocycles. The zero-order valence-electron chi connectivity index (χ0n) is 19.1. The third-order valence-corrected chi connectivity index (χ3v) is 6.24. The van der Waals surface area contributed by atoms with Crippen molar-refractivity contribution < 1.29 is 18.8 Å². The number of rotatable bonds is 9. The van der Waals surface area contributed by atoms with Crippen molar-refractivity contribution in [1.82, 2.24) is 15.0 Å². The first-order chi connectivity index (χ1) is 16.0. The lowest BCUT2D eigenvalue weighted by molar-refractivity contribution is 0.0977. The molecule has 2 aromatic carbocycles. The van der Waals surface area contributed by atoms with E-state index >= 15 is 0 Å². The zero-order chi connectivity index (χ0) is 23.4. The Morgan fingerprint density at radius 2 is 1.76 bits per heavy atom. The summed E-state index contributed by atoms with van der Waals surface area (Å²) in [6.07, 6.45) is 0.770. The number of amides is 1. The van der Waals surface area contributed by atoms with Crippen molar-refractivity contribution in [3.8, 4) is 22.8 Å². The summed E-state index contributed by atoms with van der Waals surface area (Å²) in [7, 11) is 7.22. The van der Waals surface area contributed by atoms with Crippen LogP contribution in [0.5, 0.6) is 11.5 Å². The molecular weight excluding hydrogens is 440 g/mol. The Morgan fingerprint density at radius 1 is 1.03 bits per heavy atom. The molecular formula is C24H26N4O4S. The van der Waals surface area contributed by atoms with Gasteiger partial charge >= 0.3 is 0 Å². The highest BCUT2D eigenvalue weighted by atomic mass is 32.1. The maximum atomic E-state index is 13.5. The minimum Gasteiger partial charge on any atom is -0.495 e. The van der Waals surface area contributed by atoms with Crippen molar-refractivity contribution in [2.24, 2.45) is 0 Å². The average Bonchev–Trinajstić information content (AvgIpc) is 3.49. The molecule has 4 rings (SSSR count).